The third-order valence-electron chi connectivity index (χ3n) is 5.52. The molecule has 2 aromatic rings. The number of rotatable bonds is 3. The second kappa shape index (κ2) is 6.96. The SMILES string of the molecule is CN(C(=O)c1ccnc(N2CCc3ccccc3C2)c1)C1CCS(=O)(=O)C1. The summed E-state index contributed by atoms with van der Waals surface area (Å²) < 4.78 is 23.4. The molecule has 3 heterocycles. The number of nitrogens with zero attached hydrogens (tertiary/aromatic N) is 3. The summed E-state index contributed by atoms with van der Waals surface area (Å²) in [5, 5.41) is 0. The van der Waals surface area contributed by atoms with Crippen LogP contribution in [0.1, 0.15) is 27.9 Å². The monoisotopic (exact) mass is 385 g/mol. The van der Waals surface area contributed by atoms with Crippen LogP contribution in [-0.4, -0.2) is 55.3 Å². The molecule has 0 aliphatic carbocycles. The van der Waals surface area contributed by atoms with E-state index < -0.39 is 9.84 Å². The molecule has 1 amide bonds. The highest BCUT2D eigenvalue weighted by molar-refractivity contribution is 7.91. The largest absolute Gasteiger partial charge is 0.352 e. The second-order valence-corrected chi connectivity index (χ2v) is 9.54. The fourth-order valence-electron chi connectivity index (χ4n) is 3.87. The van der Waals surface area contributed by atoms with E-state index in [9.17, 15) is 13.2 Å². The number of anilines is 1. The quantitative estimate of drug-likeness (QED) is 0.807. The molecule has 0 saturated carbocycles. The lowest BCUT2D eigenvalue weighted by molar-refractivity contribution is 0.0747. The Morgan fingerprint density at radius 2 is 2.00 bits per heavy atom. The van der Waals surface area contributed by atoms with Gasteiger partial charge in [0.25, 0.3) is 5.91 Å². The normalized spacial score (nSPS) is 20.9. The Morgan fingerprint density at radius 1 is 1.22 bits per heavy atom. The van der Waals surface area contributed by atoms with Gasteiger partial charge in [-0.15, -0.1) is 0 Å². The molecule has 2 aliphatic rings. The molecule has 1 aromatic heterocycles. The number of carbonyl (C=O) groups excluding carboxylic acids is 1. The number of fused-ring (bicyclic) bond motifs is 1. The summed E-state index contributed by atoms with van der Waals surface area (Å²) in [5.74, 6) is 0.834. The van der Waals surface area contributed by atoms with Crippen molar-refractivity contribution in [1.29, 1.82) is 0 Å². The first-order valence-electron chi connectivity index (χ1n) is 9.18. The number of aromatic nitrogens is 1. The van der Waals surface area contributed by atoms with E-state index in [0.717, 1.165) is 25.3 Å². The molecule has 1 fully saturated rings. The molecule has 1 saturated heterocycles. The minimum Gasteiger partial charge on any atom is -0.352 e. The number of pyridine rings is 1. The van der Waals surface area contributed by atoms with Gasteiger partial charge in [0.05, 0.1) is 11.5 Å². The Labute approximate surface area is 159 Å². The average molecular weight is 385 g/mol. The number of hydrogen-bond donors (Lipinski definition) is 0. The highest BCUT2D eigenvalue weighted by Gasteiger charge is 2.33. The Morgan fingerprint density at radius 3 is 2.74 bits per heavy atom. The molecule has 142 valence electrons. The van der Waals surface area contributed by atoms with E-state index in [1.165, 1.54) is 11.1 Å². The van der Waals surface area contributed by atoms with Crippen LogP contribution in [0.25, 0.3) is 0 Å². The highest BCUT2D eigenvalue weighted by atomic mass is 32.2. The zero-order chi connectivity index (χ0) is 19.0. The van der Waals surface area contributed by atoms with Crippen LogP contribution in [0.3, 0.4) is 0 Å². The number of amides is 1. The Hall–Kier alpha value is -2.41. The first-order valence-corrected chi connectivity index (χ1v) is 11.0. The average Bonchev–Trinajstić information content (AvgIpc) is 3.06. The Bertz CT molecular complexity index is 974. The van der Waals surface area contributed by atoms with Crippen LogP contribution in [0.4, 0.5) is 5.82 Å². The zero-order valence-corrected chi connectivity index (χ0v) is 16.2. The molecule has 0 N–H and O–H groups in total. The van der Waals surface area contributed by atoms with Gasteiger partial charge in [-0.05, 0) is 36.1 Å². The van der Waals surface area contributed by atoms with Crippen LogP contribution in [0.2, 0.25) is 0 Å². The van der Waals surface area contributed by atoms with Crippen molar-refractivity contribution in [2.24, 2.45) is 0 Å². The van der Waals surface area contributed by atoms with E-state index in [0.29, 0.717) is 12.0 Å². The van der Waals surface area contributed by atoms with Gasteiger partial charge in [0.1, 0.15) is 5.82 Å². The third-order valence-corrected chi connectivity index (χ3v) is 7.27. The summed E-state index contributed by atoms with van der Waals surface area (Å²) in [4.78, 5) is 21.1. The summed E-state index contributed by atoms with van der Waals surface area (Å²) in [6, 6.07) is 11.7. The van der Waals surface area contributed by atoms with Crippen molar-refractivity contribution in [3.05, 3.63) is 59.3 Å². The van der Waals surface area contributed by atoms with Gasteiger partial charge < -0.3 is 9.80 Å². The van der Waals surface area contributed by atoms with Crippen LogP contribution in [0.5, 0.6) is 0 Å². The van der Waals surface area contributed by atoms with Gasteiger partial charge >= 0.3 is 0 Å². The molecule has 4 rings (SSSR count). The lowest BCUT2D eigenvalue weighted by Gasteiger charge is -2.30. The lowest BCUT2D eigenvalue weighted by Crippen LogP contribution is -2.38. The van der Waals surface area contributed by atoms with Gasteiger partial charge in [-0.2, -0.15) is 0 Å². The first kappa shape index (κ1) is 18.0. The predicted molar refractivity (Wildman–Crippen MR) is 105 cm³/mol. The molecule has 0 radical (unpaired) electrons. The standard InChI is InChI=1S/C20H23N3O3S/c1-22(18-8-11-27(25,26)14-18)20(24)16-6-9-21-19(12-16)23-10-7-15-4-2-3-5-17(15)13-23/h2-6,9,12,18H,7-8,10-11,13-14H2,1H3. The van der Waals surface area contributed by atoms with E-state index >= 15 is 0 Å². The van der Waals surface area contributed by atoms with Crippen LogP contribution >= 0.6 is 0 Å². The summed E-state index contributed by atoms with van der Waals surface area (Å²) in [5.41, 5.74) is 3.20. The molecule has 1 aromatic carbocycles. The fraction of sp³-hybridized carbons (Fsp3) is 0.400. The van der Waals surface area contributed by atoms with Crippen molar-refractivity contribution < 1.29 is 13.2 Å². The third kappa shape index (κ3) is 3.69. The van der Waals surface area contributed by atoms with Gasteiger partial charge in [0, 0.05) is 37.9 Å². The fourth-order valence-corrected chi connectivity index (χ4v) is 5.64. The van der Waals surface area contributed by atoms with E-state index in [2.05, 4.69) is 28.1 Å². The highest BCUT2D eigenvalue weighted by Crippen LogP contribution is 2.24. The Kier molecular flexibility index (Phi) is 4.63. The molecular weight excluding hydrogens is 362 g/mol. The van der Waals surface area contributed by atoms with Gasteiger partial charge in [-0.3, -0.25) is 4.79 Å². The predicted octanol–water partition coefficient (Wildman–Crippen LogP) is 1.90. The van der Waals surface area contributed by atoms with E-state index in [-0.39, 0.29) is 23.5 Å². The van der Waals surface area contributed by atoms with Gasteiger partial charge in [-0.25, -0.2) is 13.4 Å². The summed E-state index contributed by atoms with van der Waals surface area (Å²) in [6.07, 6.45) is 3.11. The van der Waals surface area contributed by atoms with Crippen molar-refractivity contribution in [2.45, 2.75) is 25.4 Å². The van der Waals surface area contributed by atoms with Gasteiger partial charge in [-0.1, -0.05) is 24.3 Å². The van der Waals surface area contributed by atoms with E-state index in [4.69, 9.17) is 0 Å². The molecule has 0 spiro atoms. The van der Waals surface area contributed by atoms with Crippen molar-refractivity contribution in [2.75, 3.05) is 30.0 Å². The van der Waals surface area contributed by atoms with Crippen LogP contribution < -0.4 is 4.90 Å². The molecular formula is C20H23N3O3S. The maximum Gasteiger partial charge on any atom is 0.254 e. The van der Waals surface area contributed by atoms with Crippen LogP contribution in [-0.2, 0) is 22.8 Å². The molecule has 6 nitrogen and oxygen atoms in total. The van der Waals surface area contributed by atoms with Crippen molar-refractivity contribution in [3.63, 3.8) is 0 Å². The number of carbonyl (C=O) groups is 1. The minimum atomic E-state index is -3.02. The molecule has 1 unspecified atom stereocenters. The smallest absolute Gasteiger partial charge is 0.254 e. The molecule has 2 aliphatic heterocycles. The van der Waals surface area contributed by atoms with Crippen molar-refractivity contribution in [1.82, 2.24) is 9.88 Å². The van der Waals surface area contributed by atoms with Gasteiger partial charge in [0.15, 0.2) is 9.84 Å². The summed E-state index contributed by atoms with van der Waals surface area (Å²) >= 11 is 0. The van der Waals surface area contributed by atoms with Gasteiger partial charge in [0.2, 0.25) is 0 Å². The lowest BCUT2D eigenvalue weighted by atomic mass is 10.00. The number of benzene rings is 1. The maximum atomic E-state index is 12.9. The topological polar surface area (TPSA) is 70.6 Å². The molecule has 0 bridgehead atoms. The summed E-state index contributed by atoms with van der Waals surface area (Å²) in [6.45, 7) is 1.63. The van der Waals surface area contributed by atoms with E-state index in [1.54, 1.807) is 24.2 Å². The molecule has 27 heavy (non-hydrogen) atoms. The minimum absolute atomic E-state index is 0.0517. The number of sulfone groups is 1. The van der Waals surface area contributed by atoms with Crippen molar-refractivity contribution in [3.8, 4) is 0 Å². The van der Waals surface area contributed by atoms with Crippen LogP contribution in [0.15, 0.2) is 42.6 Å². The first-order chi connectivity index (χ1) is 12.9. The second-order valence-electron chi connectivity index (χ2n) is 7.32. The van der Waals surface area contributed by atoms with Crippen molar-refractivity contribution >= 4 is 21.6 Å². The number of hydrogen-bond acceptors (Lipinski definition) is 5. The maximum absolute atomic E-state index is 12.9. The van der Waals surface area contributed by atoms with E-state index in [1.807, 2.05) is 12.1 Å². The summed E-state index contributed by atoms with van der Waals surface area (Å²) in [7, 11) is -1.34. The Balaban J connectivity index is 1.52. The van der Waals surface area contributed by atoms with Crippen LogP contribution in [0, 0.1) is 0 Å². The molecule has 7 heteroatoms. The molecule has 1 atom stereocenters. The zero-order valence-electron chi connectivity index (χ0n) is 15.3.